The van der Waals surface area contributed by atoms with Gasteiger partial charge in [-0.15, -0.1) is 0 Å². The van der Waals surface area contributed by atoms with Gasteiger partial charge < -0.3 is 9.84 Å². The smallest absolute Gasteiger partial charge is 0.316 e. The molecule has 6 nitrogen and oxygen atoms in total. The number of rotatable bonds is 5. The zero-order valence-corrected chi connectivity index (χ0v) is 18.8. The quantitative estimate of drug-likeness (QED) is 0.401. The van der Waals surface area contributed by atoms with E-state index in [1.54, 1.807) is 35.0 Å². The molecule has 2 aromatic heterocycles. The summed E-state index contributed by atoms with van der Waals surface area (Å²) in [6.45, 7) is 1.89. The SMILES string of the molecule is COc1ncc(C(O)c2nn(-c3ccc(Cl)cc3Cl)c(-c3ccc(Cl)cc3)c2C)cn1. The van der Waals surface area contributed by atoms with Crippen molar-refractivity contribution < 1.29 is 9.84 Å². The van der Waals surface area contributed by atoms with E-state index in [0.717, 1.165) is 16.8 Å². The fourth-order valence-electron chi connectivity index (χ4n) is 3.28. The zero-order valence-electron chi connectivity index (χ0n) is 16.6. The van der Waals surface area contributed by atoms with E-state index >= 15 is 0 Å². The van der Waals surface area contributed by atoms with Crippen molar-refractivity contribution in [2.45, 2.75) is 13.0 Å². The Balaban J connectivity index is 1.90. The lowest BCUT2D eigenvalue weighted by molar-refractivity contribution is 0.212. The first kappa shape index (κ1) is 21.6. The van der Waals surface area contributed by atoms with Crippen LogP contribution >= 0.6 is 34.8 Å². The molecule has 0 amide bonds. The summed E-state index contributed by atoms with van der Waals surface area (Å²) in [5.41, 5.74) is 3.97. The van der Waals surface area contributed by atoms with E-state index in [9.17, 15) is 5.11 Å². The highest BCUT2D eigenvalue weighted by Crippen LogP contribution is 2.36. The largest absolute Gasteiger partial charge is 0.467 e. The summed E-state index contributed by atoms with van der Waals surface area (Å²) in [6, 6.07) is 12.7. The fourth-order valence-corrected chi connectivity index (χ4v) is 3.89. The molecule has 0 bridgehead atoms. The third-order valence-electron chi connectivity index (χ3n) is 4.82. The van der Waals surface area contributed by atoms with E-state index in [2.05, 4.69) is 9.97 Å². The number of aliphatic hydroxyl groups excluding tert-OH is 1. The number of methoxy groups -OCH3 is 1. The van der Waals surface area contributed by atoms with Gasteiger partial charge >= 0.3 is 6.01 Å². The van der Waals surface area contributed by atoms with Crippen molar-refractivity contribution in [2.24, 2.45) is 0 Å². The Kier molecular flexibility index (Phi) is 6.16. The Bertz CT molecular complexity index is 1220. The molecule has 31 heavy (non-hydrogen) atoms. The number of ether oxygens (including phenoxy) is 1. The van der Waals surface area contributed by atoms with Gasteiger partial charge in [0.2, 0.25) is 0 Å². The summed E-state index contributed by atoms with van der Waals surface area (Å²) in [4.78, 5) is 8.15. The van der Waals surface area contributed by atoms with Crippen molar-refractivity contribution in [1.82, 2.24) is 19.7 Å². The number of aromatic nitrogens is 4. The molecule has 1 N–H and O–H groups in total. The molecule has 0 aliphatic heterocycles. The van der Waals surface area contributed by atoms with E-state index < -0.39 is 6.10 Å². The molecule has 0 saturated heterocycles. The molecule has 158 valence electrons. The van der Waals surface area contributed by atoms with Gasteiger partial charge in [-0.3, -0.25) is 0 Å². The van der Waals surface area contributed by atoms with Crippen molar-refractivity contribution in [2.75, 3.05) is 7.11 Å². The van der Waals surface area contributed by atoms with E-state index in [1.165, 1.54) is 19.5 Å². The van der Waals surface area contributed by atoms with Crippen LogP contribution in [0.4, 0.5) is 0 Å². The highest BCUT2D eigenvalue weighted by Gasteiger charge is 2.25. The van der Waals surface area contributed by atoms with E-state index in [4.69, 9.17) is 44.6 Å². The van der Waals surface area contributed by atoms with Crippen LogP contribution in [0.1, 0.15) is 22.9 Å². The lowest BCUT2D eigenvalue weighted by atomic mass is 10.0. The van der Waals surface area contributed by atoms with Crippen LogP contribution in [0.3, 0.4) is 0 Å². The molecule has 9 heteroatoms. The Labute approximate surface area is 194 Å². The van der Waals surface area contributed by atoms with Gasteiger partial charge in [-0.1, -0.05) is 46.9 Å². The molecule has 2 heterocycles. The summed E-state index contributed by atoms with van der Waals surface area (Å²) in [5, 5.41) is 17.3. The van der Waals surface area contributed by atoms with Gasteiger partial charge in [-0.2, -0.15) is 5.10 Å². The van der Waals surface area contributed by atoms with Gasteiger partial charge in [0.1, 0.15) is 6.10 Å². The third kappa shape index (κ3) is 4.25. The first-order valence-electron chi connectivity index (χ1n) is 9.24. The van der Waals surface area contributed by atoms with Crippen molar-refractivity contribution >= 4 is 34.8 Å². The molecule has 1 unspecified atom stereocenters. The van der Waals surface area contributed by atoms with Crippen LogP contribution in [0.25, 0.3) is 16.9 Å². The average molecular weight is 476 g/mol. The van der Waals surface area contributed by atoms with Gasteiger partial charge in [0, 0.05) is 39.1 Å². The van der Waals surface area contributed by atoms with Crippen molar-refractivity contribution in [3.63, 3.8) is 0 Å². The summed E-state index contributed by atoms with van der Waals surface area (Å²) < 4.78 is 6.68. The van der Waals surface area contributed by atoms with E-state index in [0.29, 0.717) is 32.0 Å². The van der Waals surface area contributed by atoms with Crippen LogP contribution in [0.15, 0.2) is 54.9 Å². The summed E-state index contributed by atoms with van der Waals surface area (Å²) in [6.07, 6.45) is 1.96. The number of benzene rings is 2. The van der Waals surface area contributed by atoms with Crippen molar-refractivity contribution in [3.8, 4) is 23.0 Å². The maximum Gasteiger partial charge on any atom is 0.316 e. The number of hydrogen-bond acceptors (Lipinski definition) is 5. The minimum atomic E-state index is -1.05. The molecule has 0 radical (unpaired) electrons. The monoisotopic (exact) mass is 474 g/mol. The predicted octanol–water partition coefficient (Wildman–Crippen LogP) is 5.69. The molecule has 2 aromatic carbocycles. The van der Waals surface area contributed by atoms with Crippen LogP contribution in [-0.4, -0.2) is 32.0 Å². The molecular formula is C22H17Cl3N4O2. The first-order chi connectivity index (χ1) is 14.9. The zero-order chi connectivity index (χ0) is 22.1. The maximum absolute atomic E-state index is 11.1. The first-order valence-corrected chi connectivity index (χ1v) is 10.4. The fraction of sp³-hybridized carbons (Fsp3) is 0.136. The molecule has 0 aliphatic carbocycles. The minimum Gasteiger partial charge on any atom is -0.467 e. The standard InChI is InChI=1S/C22H17Cl3N4O2/c1-12-19(21(30)14-10-26-22(31-2)27-11-14)28-29(18-8-7-16(24)9-17(18)25)20(12)13-3-5-15(23)6-4-13/h3-11,21,30H,1-2H3. The predicted molar refractivity (Wildman–Crippen MR) is 121 cm³/mol. The summed E-state index contributed by atoms with van der Waals surface area (Å²) >= 11 is 18.6. The molecule has 4 rings (SSSR count). The Morgan fingerprint density at radius 2 is 1.61 bits per heavy atom. The molecule has 4 aromatic rings. The van der Waals surface area contributed by atoms with Gasteiger partial charge in [0.05, 0.1) is 29.2 Å². The molecule has 0 aliphatic rings. The van der Waals surface area contributed by atoms with Crippen LogP contribution in [0.5, 0.6) is 6.01 Å². The van der Waals surface area contributed by atoms with Crippen LogP contribution in [-0.2, 0) is 0 Å². The minimum absolute atomic E-state index is 0.216. The van der Waals surface area contributed by atoms with Crippen molar-refractivity contribution in [1.29, 1.82) is 0 Å². The highest BCUT2D eigenvalue weighted by molar-refractivity contribution is 6.35. The van der Waals surface area contributed by atoms with E-state index in [1.807, 2.05) is 19.1 Å². The molecule has 0 saturated carbocycles. The second-order valence-corrected chi connectivity index (χ2v) is 8.06. The lowest BCUT2D eigenvalue weighted by Crippen LogP contribution is -2.05. The molecule has 1 atom stereocenters. The summed E-state index contributed by atoms with van der Waals surface area (Å²) in [7, 11) is 1.48. The Morgan fingerprint density at radius 1 is 0.968 bits per heavy atom. The van der Waals surface area contributed by atoms with E-state index in [-0.39, 0.29) is 6.01 Å². The second kappa shape index (κ2) is 8.85. The second-order valence-electron chi connectivity index (χ2n) is 6.78. The van der Waals surface area contributed by atoms with Crippen LogP contribution in [0, 0.1) is 6.92 Å². The molecular weight excluding hydrogens is 459 g/mol. The van der Waals surface area contributed by atoms with Gasteiger partial charge in [0.25, 0.3) is 0 Å². The number of halogens is 3. The van der Waals surface area contributed by atoms with Gasteiger partial charge in [0.15, 0.2) is 0 Å². The average Bonchev–Trinajstić information content (AvgIpc) is 3.10. The Morgan fingerprint density at radius 3 is 2.23 bits per heavy atom. The highest BCUT2D eigenvalue weighted by atomic mass is 35.5. The van der Waals surface area contributed by atoms with Crippen LogP contribution < -0.4 is 4.74 Å². The lowest BCUT2D eigenvalue weighted by Gasteiger charge is -2.11. The van der Waals surface area contributed by atoms with Gasteiger partial charge in [-0.05, 0) is 37.3 Å². The maximum atomic E-state index is 11.1. The number of aliphatic hydroxyl groups is 1. The van der Waals surface area contributed by atoms with Gasteiger partial charge in [-0.25, -0.2) is 14.6 Å². The third-order valence-corrected chi connectivity index (χ3v) is 5.61. The van der Waals surface area contributed by atoms with Crippen LogP contribution in [0.2, 0.25) is 15.1 Å². The molecule has 0 spiro atoms. The normalized spacial score (nSPS) is 12.1. The summed E-state index contributed by atoms with van der Waals surface area (Å²) in [5.74, 6) is 0. The molecule has 0 fully saturated rings. The number of hydrogen-bond donors (Lipinski definition) is 1. The Hall–Kier alpha value is -2.64. The topological polar surface area (TPSA) is 73.1 Å². The van der Waals surface area contributed by atoms with Crippen molar-refractivity contribution in [3.05, 3.63) is 86.7 Å². The number of nitrogens with zero attached hydrogens (tertiary/aromatic N) is 4.